The monoisotopic (exact) mass is 336 g/mol. The highest BCUT2D eigenvalue weighted by molar-refractivity contribution is 7.10. The van der Waals surface area contributed by atoms with Gasteiger partial charge in [-0.25, -0.2) is 0 Å². The zero-order valence-electron chi connectivity index (χ0n) is 13.1. The fourth-order valence-electron chi connectivity index (χ4n) is 2.30. The standard InChI is InChI=1S/C16H20N2O4S/c1-11(8-14(19)16-4-3-7-23-16)17-10-12-5-6-15(22-2)13(9-12)18(20)21/h3-7,9,11,14,17,19H,8,10H2,1-2H3. The Morgan fingerprint density at radius 1 is 1.43 bits per heavy atom. The van der Waals surface area contributed by atoms with Gasteiger partial charge in [-0.1, -0.05) is 12.1 Å². The van der Waals surface area contributed by atoms with Crippen LogP contribution in [0.4, 0.5) is 5.69 Å². The number of ether oxygens (including phenoxy) is 1. The molecule has 1 aromatic heterocycles. The molecule has 0 saturated heterocycles. The van der Waals surface area contributed by atoms with E-state index in [9.17, 15) is 15.2 Å². The van der Waals surface area contributed by atoms with E-state index in [4.69, 9.17) is 4.74 Å². The van der Waals surface area contributed by atoms with Gasteiger partial charge in [0.2, 0.25) is 0 Å². The van der Waals surface area contributed by atoms with Gasteiger partial charge in [-0.05, 0) is 36.4 Å². The summed E-state index contributed by atoms with van der Waals surface area (Å²) in [6.45, 7) is 2.47. The van der Waals surface area contributed by atoms with E-state index in [2.05, 4.69) is 5.32 Å². The summed E-state index contributed by atoms with van der Waals surface area (Å²) in [6, 6.07) is 8.80. The van der Waals surface area contributed by atoms with Crippen LogP contribution >= 0.6 is 11.3 Å². The highest BCUT2D eigenvalue weighted by atomic mass is 32.1. The predicted octanol–water partition coefficient (Wildman–Crippen LogP) is 3.27. The number of benzene rings is 1. The first-order valence-electron chi connectivity index (χ1n) is 7.27. The average molecular weight is 336 g/mol. The lowest BCUT2D eigenvalue weighted by Crippen LogP contribution is -2.27. The molecule has 2 atom stereocenters. The molecule has 23 heavy (non-hydrogen) atoms. The van der Waals surface area contributed by atoms with Gasteiger partial charge in [-0.3, -0.25) is 10.1 Å². The summed E-state index contributed by atoms with van der Waals surface area (Å²) in [5.41, 5.74) is 0.757. The fraction of sp³-hybridized carbons (Fsp3) is 0.375. The van der Waals surface area contributed by atoms with E-state index in [0.29, 0.717) is 13.0 Å². The first kappa shape index (κ1) is 17.4. The maximum atomic E-state index is 11.0. The van der Waals surface area contributed by atoms with Gasteiger partial charge >= 0.3 is 5.69 Å². The van der Waals surface area contributed by atoms with Crippen molar-refractivity contribution in [3.8, 4) is 5.75 Å². The van der Waals surface area contributed by atoms with E-state index in [1.807, 2.05) is 24.4 Å². The molecular weight excluding hydrogens is 316 g/mol. The zero-order chi connectivity index (χ0) is 16.8. The van der Waals surface area contributed by atoms with E-state index in [1.165, 1.54) is 24.5 Å². The van der Waals surface area contributed by atoms with Crippen LogP contribution in [-0.2, 0) is 6.54 Å². The third-order valence-electron chi connectivity index (χ3n) is 3.54. The summed E-state index contributed by atoms with van der Waals surface area (Å²) in [5.74, 6) is 0.250. The van der Waals surface area contributed by atoms with Crippen molar-refractivity contribution < 1.29 is 14.8 Å². The van der Waals surface area contributed by atoms with Gasteiger partial charge in [0.05, 0.1) is 18.1 Å². The number of nitro groups is 1. The van der Waals surface area contributed by atoms with Crippen molar-refractivity contribution in [3.05, 3.63) is 56.3 Å². The maximum absolute atomic E-state index is 11.0. The van der Waals surface area contributed by atoms with E-state index in [1.54, 1.807) is 12.1 Å². The first-order valence-corrected chi connectivity index (χ1v) is 8.15. The Bertz CT molecular complexity index is 646. The highest BCUT2D eigenvalue weighted by Crippen LogP contribution is 2.27. The molecule has 0 aliphatic rings. The lowest BCUT2D eigenvalue weighted by molar-refractivity contribution is -0.385. The molecule has 1 heterocycles. The van der Waals surface area contributed by atoms with Crippen molar-refractivity contribution >= 4 is 17.0 Å². The quantitative estimate of drug-likeness (QED) is 0.571. The van der Waals surface area contributed by atoms with Crippen molar-refractivity contribution in [2.75, 3.05) is 7.11 Å². The average Bonchev–Trinajstić information content (AvgIpc) is 3.07. The predicted molar refractivity (Wildman–Crippen MR) is 89.8 cm³/mol. The number of aliphatic hydroxyl groups is 1. The van der Waals surface area contributed by atoms with Crippen molar-refractivity contribution in [2.45, 2.75) is 32.0 Å². The number of hydrogen-bond acceptors (Lipinski definition) is 6. The van der Waals surface area contributed by atoms with Crippen LogP contribution in [0.15, 0.2) is 35.7 Å². The number of aliphatic hydroxyl groups excluding tert-OH is 1. The van der Waals surface area contributed by atoms with Gasteiger partial charge in [0.25, 0.3) is 0 Å². The molecule has 0 radical (unpaired) electrons. The second-order valence-electron chi connectivity index (χ2n) is 5.31. The van der Waals surface area contributed by atoms with Crippen LogP contribution in [0.5, 0.6) is 5.75 Å². The van der Waals surface area contributed by atoms with Crippen molar-refractivity contribution in [3.63, 3.8) is 0 Å². The Morgan fingerprint density at radius 3 is 2.83 bits per heavy atom. The number of methoxy groups -OCH3 is 1. The number of nitro benzene ring substituents is 1. The van der Waals surface area contributed by atoms with Gasteiger partial charge in [0.15, 0.2) is 5.75 Å². The summed E-state index contributed by atoms with van der Waals surface area (Å²) in [6.07, 6.45) is 0.0846. The fourth-order valence-corrected chi connectivity index (χ4v) is 3.02. The molecule has 0 aliphatic carbocycles. The number of nitrogens with zero attached hydrogens (tertiary/aromatic N) is 1. The largest absolute Gasteiger partial charge is 0.490 e. The van der Waals surface area contributed by atoms with Gasteiger partial charge in [0, 0.05) is 23.5 Å². The molecule has 2 N–H and O–H groups in total. The summed E-state index contributed by atoms with van der Waals surface area (Å²) >= 11 is 1.53. The smallest absolute Gasteiger partial charge is 0.311 e. The first-order chi connectivity index (χ1) is 11.0. The molecule has 6 nitrogen and oxygen atoms in total. The molecule has 2 unspecified atom stereocenters. The molecule has 0 aliphatic heterocycles. The normalized spacial score (nSPS) is 13.5. The van der Waals surface area contributed by atoms with Gasteiger partial charge < -0.3 is 15.2 Å². The lowest BCUT2D eigenvalue weighted by Gasteiger charge is -2.17. The third kappa shape index (κ3) is 4.75. The molecule has 2 rings (SSSR count). The zero-order valence-corrected chi connectivity index (χ0v) is 13.9. The number of rotatable bonds is 8. The lowest BCUT2D eigenvalue weighted by atomic mass is 10.1. The van der Waals surface area contributed by atoms with Crippen molar-refractivity contribution in [1.29, 1.82) is 0 Å². The Morgan fingerprint density at radius 2 is 2.22 bits per heavy atom. The van der Waals surface area contributed by atoms with Gasteiger partial charge in [0.1, 0.15) is 0 Å². The number of hydrogen-bond donors (Lipinski definition) is 2. The molecule has 0 spiro atoms. The molecular formula is C16H20N2O4S. The van der Waals surface area contributed by atoms with Crippen molar-refractivity contribution in [2.24, 2.45) is 0 Å². The Kier molecular flexibility index (Phi) is 6.09. The topological polar surface area (TPSA) is 84.6 Å². The third-order valence-corrected chi connectivity index (χ3v) is 4.52. The number of nitrogens with one attached hydrogen (secondary N) is 1. The van der Waals surface area contributed by atoms with E-state index < -0.39 is 11.0 Å². The van der Waals surface area contributed by atoms with Crippen LogP contribution < -0.4 is 10.1 Å². The van der Waals surface area contributed by atoms with E-state index in [0.717, 1.165) is 10.4 Å². The molecule has 124 valence electrons. The summed E-state index contributed by atoms with van der Waals surface area (Å²) in [5, 5.41) is 26.4. The Labute approximate surface area is 138 Å². The van der Waals surface area contributed by atoms with Crippen LogP contribution in [0.2, 0.25) is 0 Å². The second kappa shape index (κ2) is 8.05. The SMILES string of the molecule is COc1ccc(CNC(C)CC(O)c2cccs2)cc1[N+](=O)[O-]. The molecule has 7 heteroatoms. The highest BCUT2D eigenvalue weighted by Gasteiger charge is 2.16. The van der Waals surface area contributed by atoms with Gasteiger partial charge in [-0.2, -0.15) is 0 Å². The van der Waals surface area contributed by atoms with E-state index in [-0.39, 0.29) is 17.5 Å². The summed E-state index contributed by atoms with van der Waals surface area (Å²) in [7, 11) is 1.41. The summed E-state index contributed by atoms with van der Waals surface area (Å²) < 4.78 is 4.99. The maximum Gasteiger partial charge on any atom is 0.311 e. The van der Waals surface area contributed by atoms with E-state index >= 15 is 0 Å². The Hall–Kier alpha value is -1.96. The van der Waals surface area contributed by atoms with Gasteiger partial charge in [-0.15, -0.1) is 11.3 Å². The molecule has 0 amide bonds. The summed E-state index contributed by atoms with van der Waals surface area (Å²) in [4.78, 5) is 11.5. The van der Waals surface area contributed by atoms with Crippen molar-refractivity contribution in [1.82, 2.24) is 5.32 Å². The second-order valence-corrected chi connectivity index (χ2v) is 6.29. The molecule has 1 aromatic carbocycles. The molecule has 0 fully saturated rings. The van der Waals surface area contributed by atoms with Crippen LogP contribution in [0, 0.1) is 10.1 Å². The molecule has 0 saturated carbocycles. The minimum atomic E-state index is -0.497. The van der Waals surface area contributed by atoms with Crippen LogP contribution in [0.1, 0.15) is 29.9 Å². The number of thiophene rings is 1. The minimum absolute atomic E-state index is 0.0435. The van der Waals surface area contributed by atoms with Crippen LogP contribution in [-0.4, -0.2) is 23.2 Å². The molecule has 2 aromatic rings. The van der Waals surface area contributed by atoms with Crippen LogP contribution in [0.25, 0.3) is 0 Å². The Balaban J connectivity index is 1.92. The van der Waals surface area contributed by atoms with Crippen LogP contribution in [0.3, 0.4) is 0 Å². The minimum Gasteiger partial charge on any atom is -0.490 e. The molecule has 0 bridgehead atoms.